The standard InChI is InChI=1S/C18H25O5P/c1-18-9-8-14-13-5-3-12(19)10-11(13)2-4-15(14)16(18)6-7-17(18)23-24(20,21)22/h3,5,10,14-17,19H,2,4,6-9H2,1H3,(H2,20,21,22)/t14-,15-,16+,17+,18+/m0/s1. The molecule has 3 N–H and O–H groups in total. The van der Waals surface area contributed by atoms with Gasteiger partial charge in [-0.3, -0.25) is 4.52 Å². The van der Waals surface area contributed by atoms with E-state index < -0.39 is 7.82 Å². The quantitative estimate of drug-likeness (QED) is 0.706. The number of phenols is 1. The van der Waals surface area contributed by atoms with Crippen molar-refractivity contribution in [2.75, 3.05) is 0 Å². The van der Waals surface area contributed by atoms with Crippen molar-refractivity contribution in [3.8, 4) is 5.75 Å². The number of aryl methyl sites for hydroxylation is 1. The number of benzene rings is 1. The normalized spacial score (nSPS) is 38.3. The minimum absolute atomic E-state index is 0.142. The fourth-order valence-corrected chi connectivity index (χ4v) is 6.54. The van der Waals surface area contributed by atoms with Crippen molar-refractivity contribution in [2.24, 2.45) is 17.3 Å². The van der Waals surface area contributed by atoms with Crippen LogP contribution < -0.4 is 0 Å². The van der Waals surface area contributed by atoms with Gasteiger partial charge in [0.05, 0.1) is 6.10 Å². The maximum Gasteiger partial charge on any atom is 0.469 e. The first-order valence-electron chi connectivity index (χ1n) is 8.84. The summed E-state index contributed by atoms with van der Waals surface area (Å²) in [6.45, 7) is 2.16. The number of rotatable bonds is 2. The Morgan fingerprint density at radius 1 is 1.21 bits per heavy atom. The van der Waals surface area contributed by atoms with E-state index in [2.05, 4.69) is 13.0 Å². The highest BCUT2D eigenvalue weighted by Crippen LogP contribution is 2.63. The summed E-state index contributed by atoms with van der Waals surface area (Å²) in [6.07, 6.45) is 5.39. The van der Waals surface area contributed by atoms with E-state index in [1.54, 1.807) is 6.07 Å². The minimum atomic E-state index is -4.44. The topological polar surface area (TPSA) is 87.0 Å². The zero-order valence-corrected chi connectivity index (χ0v) is 14.8. The molecular formula is C18H25O5P. The van der Waals surface area contributed by atoms with Gasteiger partial charge in [-0.25, -0.2) is 4.57 Å². The maximum atomic E-state index is 11.3. The van der Waals surface area contributed by atoms with Gasteiger partial charge in [0.2, 0.25) is 0 Å². The first-order chi connectivity index (χ1) is 11.3. The second kappa shape index (κ2) is 5.57. The van der Waals surface area contributed by atoms with Crippen molar-refractivity contribution in [2.45, 2.75) is 57.5 Å². The molecule has 0 bridgehead atoms. The molecule has 3 aliphatic rings. The highest BCUT2D eigenvalue weighted by Gasteiger charge is 2.56. The van der Waals surface area contributed by atoms with Crippen LogP contribution in [0, 0.1) is 17.3 Å². The largest absolute Gasteiger partial charge is 0.508 e. The van der Waals surface area contributed by atoms with Crippen LogP contribution in [-0.4, -0.2) is 21.0 Å². The summed E-state index contributed by atoms with van der Waals surface area (Å²) < 4.78 is 16.5. The molecule has 0 saturated heterocycles. The number of phosphoric acid groups is 1. The summed E-state index contributed by atoms with van der Waals surface area (Å²) in [5.74, 6) is 1.84. The Balaban J connectivity index is 1.62. The van der Waals surface area contributed by atoms with Gasteiger partial charge in [0.1, 0.15) is 5.75 Å². The van der Waals surface area contributed by atoms with Crippen LogP contribution in [-0.2, 0) is 15.5 Å². The Morgan fingerprint density at radius 3 is 2.75 bits per heavy atom. The third kappa shape index (κ3) is 2.62. The number of hydrogen-bond donors (Lipinski definition) is 3. The molecular weight excluding hydrogens is 327 g/mol. The van der Waals surface area contributed by atoms with Crippen molar-refractivity contribution in [3.63, 3.8) is 0 Å². The number of hydrogen-bond acceptors (Lipinski definition) is 3. The molecule has 0 radical (unpaired) electrons. The summed E-state index contributed by atoms with van der Waals surface area (Å²) >= 11 is 0. The van der Waals surface area contributed by atoms with E-state index in [9.17, 15) is 19.5 Å². The average molecular weight is 352 g/mol. The highest BCUT2D eigenvalue weighted by molar-refractivity contribution is 7.46. The fraction of sp³-hybridized carbons (Fsp3) is 0.667. The van der Waals surface area contributed by atoms with E-state index in [0.717, 1.165) is 38.5 Å². The van der Waals surface area contributed by atoms with Crippen molar-refractivity contribution in [3.05, 3.63) is 29.3 Å². The van der Waals surface area contributed by atoms with Crippen LogP contribution in [0.25, 0.3) is 0 Å². The van der Waals surface area contributed by atoms with Crippen LogP contribution >= 0.6 is 7.82 Å². The van der Waals surface area contributed by atoms with E-state index >= 15 is 0 Å². The Labute approximate surface area is 142 Å². The lowest BCUT2D eigenvalue weighted by molar-refractivity contribution is -0.0217. The zero-order valence-electron chi connectivity index (χ0n) is 13.9. The molecule has 0 aliphatic heterocycles. The van der Waals surface area contributed by atoms with Gasteiger partial charge in [0, 0.05) is 0 Å². The Kier molecular flexibility index (Phi) is 3.85. The predicted octanol–water partition coefficient (Wildman–Crippen LogP) is 3.73. The summed E-state index contributed by atoms with van der Waals surface area (Å²) in [7, 11) is -4.44. The van der Waals surface area contributed by atoms with Crippen LogP contribution in [0.1, 0.15) is 56.1 Å². The van der Waals surface area contributed by atoms with Crippen LogP contribution in [0.5, 0.6) is 5.75 Å². The number of phosphoric ester groups is 1. The van der Waals surface area contributed by atoms with Gasteiger partial charge < -0.3 is 14.9 Å². The van der Waals surface area contributed by atoms with Crippen LogP contribution in [0.15, 0.2) is 18.2 Å². The molecule has 0 spiro atoms. The van der Waals surface area contributed by atoms with Gasteiger partial charge in [-0.15, -0.1) is 0 Å². The monoisotopic (exact) mass is 352 g/mol. The molecule has 132 valence electrons. The average Bonchev–Trinajstić information content (AvgIpc) is 2.82. The van der Waals surface area contributed by atoms with Crippen LogP contribution in [0.3, 0.4) is 0 Å². The Morgan fingerprint density at radius 2 is 2.00 bits per heavy atom. The highest BCUT2D eigenvalue weighted by atomic mass is 31.2. The molecule has 1 aromatic rings. The zero-order chi connectivity index (χ0) is 17.1. The lowest BCUT2D eigenvalue weighted by Crippen LogP contribution is -2.44. The molecule has 0 heterocycles. The second-order valence-electron chi connectivity index (χ2n) is 8.01. The van der Waals surface area contributed by atoms with E-state index in [-0.39, 0.29) is 11.5 Å². The molecule has 0 aromatic heterocycles. The molecule has 24 heavy (non-hydrogen) atoms. The first kappa shape index (κ1) is 16.6. The molecule has 6 heteroatoms. The van der Waals surface area contributed by atoms with E-state index in [1.807, 2.05) is 6.07 Å². The van der Waals surface area contributed by atoms with E-state index in [4.69, 9.17) is 4.52 Å². The van der Waals surface area contributed by atoms with Gasteiger partial charge in [-0.2, -0.15) is 0 Å². The van der Waals surface area contributed by atoms with Gasteiger partial charge in [-0.05, 0) is 85.0 Å². The third-order valence-electron chi connectivity index (χ3n) is 6.89. The Bertz CT molecular complexity index is 699. The SMILES string of the molecule is C[C@@]12CC[C@H]3c4ccc(O)cc4CC[C@@H]3[C@H]1CC[C@H]2OP(=O)(O)O. The van der Waals surface area contributed by atoms with Crippen LogP contribution in [0.4, 0.5) is 0 Å². The van der Waals surface area contributed by atoms with Crippen molar-refractivity contribution in [1.82, 2.24) is 0 Å². The predicted molar refractivity (Wildman–Crippen MR) is 89.6 cm³/mol. The molecule has 0 amide bonds. The lowest BCUT2D eigenvalue weighted by Gasteiger charge is -2.50. The summed E-state index contributed by atoms with van der Waals surface area (Å²) in [4.78, 5) is 18.5. The molecule has 4 rings (SSSR count). The minimum Gasteiger partial charge on any atom is -0.508 e. The fourth-order valence-electron chi connectivity index (χ4n) is 5.86. The van der Waals surface area contributed by atoms with Crippen molar-refractivity contribution >= 4 is 7.82 Å². The Hall–Kier alpha value is -0.870. The van der Waals surface area contributed by atoms with Gasteiger partial charge in [0.15, 0.2) is 0 Å². The van der Waals surface area contributed by atoms with E-state index in [0.29, 0.717) is 23.5 Å². The number of phenolic OH excluding ortho intramolecular Hbond substituents is 1. The van der Waals surface area contributed by atoms with Crippen molar-refractivity contribution in [1.29, 1.82) is 0 Å². The molecule has 5 atom stereocenters. The molecule has 2 fully saturated rings. The smallest absolute Gasteiger partial charge is 0.469 e. The molecule has 2 saturated carbocycles. The molecule has 0 unspecified atom stereocenters. The molecule has 1 aromatic carbocycles. The number of fused-ring (bicyclic) bond motifs is 5. The summed E-state index contributed by atoms with van der Waals surface area (Å²) in [5.41, 5.74) is 2.49. The maximum absolute atomic E-state index is 11.3. The first-order valence-corrected chi connectivity index (χ1v) is 10.4. The number of aromatic hydroxyl groups is 1. The van der Waals surface area contributed by atoms with Crippen LogP contribution in [0.2, 0.25) is 0 Å². The second-order valence-corrected chi connectivity index (χ2v) is 9.20. The van der Waals surface area contributed by atoms with Gasteiger partial charge in [-0.1, -0.05) is 13.0 Å². The van der Waals surface area contributed by atoms with Crippen molar-refractivity contribution < 1.29 is 24.0 Å². The van der Waals surface area contributed by atoms with Gasteiger partial charge >= 0.3 is 7.82 Å². The summed E-state index contributed by atoms with van der Waals surface area (Å²) in [6, 6.07) is 5.75. The summed E-state index contributed by atoms with van der Waals surface area (Å²) in [5, 5.41) is 9.73. The third-order valence-corrected chi connectivity index (χ3v) is 7.42. The van der Waals surface area contributed by atoms with E-state index in [1.165, 1.54) is 11.1 Å². The van der Waals surface area contributed by atoms with Gasteiger partial charge in [0.25, 0.3) is 0 Å². The lowest BCUT2D eigenvalue weighted by atomic mass is 9.55. The molecule has 5 nitrogen and oxygen atoms in total. The molecule has 3 aliphatic carbocycles.